The van der Waals surface area contributed by atoms with Gasteiger partial charge in [0.05, 0.1) is 11.1 Å². The predicted octanol–water partition coefficient (Wildman–Crippen LogP) is 3.84. The number of nitrogens with zero attached hydrogens (tertiary/aromatic N) is 3. The molecule has 2 aromatic rings. The van der Waals surface area contributed by atoms with E-state index in [-0.39, 0.29) is 17.7 Å². The highest BCUT2D eigenvalue weighted by atomic mass is 35.5. The van der Waals surface area contributed by atoms with Crippen molar-refractivity contribution in [2.45, 2.75) is 32.2 Å². The van der Waals surface area contributed by atoms with Gasteiger partial charge in [0.25, 0.3) is 11.8 Å². The molecule has 3 amide bonds. The Kier molecular flexibility index (Phi) is 7.22. The molecule has 2 heterocycles. The number of amides is 3. The molecule has 4 rings (SSSR count). The third-order valence-electron chi connectivity index (χ3n) is 6.23. The van der Waals surface area contributed by atoms with E-state index in [1.165, 1.54) is 4.90 Å². The van der Waals surface area contributed by atoms with Crippen LogP contribution < -0.4 is 0 Å². The largest absolute Gasteiger partial charge is 0.340 e. The minimum absolute atomic E-state index is 0.183. The molecule has 0 saturated carbocycles. The lowest BCUT2D eigenvalue weighted by Crippen LogP contribution is -2.48. The number of hydrogen-bond acceptors (Lipinski definition) is 4. The quantitative estimate of drug-likeness (QED) is 0.450. The predicted molar refractivity (Wildman–Crippen MR) is 124 cm³/mol. The zero-order valence-electron chi connectivity index (χ0n) is 18.1. The number of hydrogen-bond donors (Lipinski definition) is 0. The molecule has 0 aliphatic carbocycles. The minimum atomic E-state index is -0.212. The molecule has 0 atom stereocenters. The average molecular weight is 454 g/mol. The van der Waals surface area contributed by atoms with Gasteiger partial charge in [-0.1, -0.05) is 48.4 Å². The number of carbonyl (C=O) groups excluding carboxylic acids is 3. The van der Waals surface area contributed by atoms with Gasteiger partial charge in [0.1, 0.15) is 0 Å². The van der Waals surface area contributed by atoms with Crippen molar-refractivity contribution in [1.29, 1.82) is 0 Å². The van der Waals surface area contributed by atoms with E-state index in [0.29, 0.717) is 30.5 Å². The number of halogens is 1. The first-order valence-electron chi connectivity index (χ1n) is 11.2. The van der Waals surface area contributed by atoms with E-state index in [0.717, 1.165) is 56.2 Å². The smallest absolute Gasteiger partial charge is 0.261 e. The number of rotatable bonds is 8. The SMILES string of the molecule is O=C(CCCCCN1C(=O)c2ccccc2C1=O)N1CCN(Cc2ccccc2Cl)CC1. The van der Waals surface area contributed by atoms with Crippen LogP contribution in [0.15, 0.2) is 48.5 Å². The summed E-state index contributed by atoms with van der Waals surface area (Å²) in [4.78, 5) is 42.9. The molecule has 2 aliphatic heterocycles. The summed E-state index contributed by atoms with van der Waals surface area (Å²) in [6.45, 7) is 4.37. The lowest BCUT2D eigenvalue weighted by Gasteiger charge is -2.35. The molecule has 32 heavy (non-hydrogen) atoms. The molecule has 168 valence electrons. The van der Waals surface area contributed by atoms with Crippen LogP contribution in [0.4, 0.5) is 0 Å². The molecule has 0 aromatic heterocycles. The van der Waals surface area contributed by atoms with Crippen molar-refractivity contribution >= 4 is 29.3 Å². The van der Waals surface area contributed by atoms with Crippen LogP contribution >= 0.6 is 11.6 Å². The first-order valence-corrected chi connectivity index (χ1v) is 11.6. The topological polar surface area (TPSA) is 60.9 Å². The first-order chi connectivity index (χ1) is 15.5. The molecule has 1 fully saturated rings. The average Bonchev–Trinajstić information content (AvgIpc) is 3.05. The number of imide groups is 1. The van der Waals surface area contributed by atoms with Crippen molar-refractivity contribution in [3.05, 3.63) is 70.2 Å². The van der Waals surface area contributed by atoms with Gasteiger partial charge >= 0.3 is 0 Å². The molecule has 0 spiro atoms. The van der Waals surface area contributed by atoms with E-state index in [1.54, 1.807) is 24.3 Å². The third kappa shape index (κ3) is 5.03. The summed E-state index contributed by atoms with van der Waals surface area (Å²) in [6.07, 6.45) is 2.80. The van der Waals surface area contributed by atoms with E-state index in [2.05, 4.69) is 4.90 Å². The van der Waals surface area contributed by atoms with Crippen LogP contribution in [-0.2, 0) is 11.3 Å². The Morgan fingerprint density at radius 1 is 0.812 bits per heavy atom. The lowest BCUT2D eigenvalue weighted by atomic mass is 10.1. The van der Waals surface area contributed by atoms with Gasteiger partial charge in [-0.15, -0.1) is 0 Å². The number of piperazine rings is 1. The first kappa shape index (κ1) is 22.5. The van der Waals surface area contributed by atoms with Gasteiger partial charge in [-0.2, -0.15) is 0 Å². The Hall–Kier alpha value is -2.70. The fourth-order valence-electron chi connectivity index (χ4n) is 4.35. The van der Waals surface area contributed by atoms with E-state index < -0.39 is 0 Å². The van der Waals surface area contributed by atoms with Crippen LogP contribution in [0.3, 0.4) is 0 Å². The van der Waals surface area contributed by atoms with Gasteiger partial charge < -0.3 is 4.90 Å². The zero-order chi connectivity index (χ0) is 22.5. The van der Waals surface area contributed by atoms with Crippen LogP contribution in [0.2, 0.25) is 5.02 Å². The van der Waals surface area contributed by atoms with Gasteiger partial charge in [0, 0.05) is 50.7 Å². The standard InChI is InChI=1S/C25H28ClN3O3/c26-22-11-6-3-8-19(22)18-27-14-16-28(17-15-27)23(30)12-2-1-7-13-29-24(31)20-9-4-5-10-21(20)25(29)32/h3-6,8-11H,1-2,7,12-18H2. The molecule has 2 aliphatic rings. The summed E-state index contributed by atoms with van der Waals surface area (Å²) < 4.78 is 0. The minimum Gasteiger partial charge on any atom is -0.340 e. The molecule has 1 saturated heterocycles. The summed E-state index contributed by atoms with van der Waals surface area (Å²) >= 11 is 6.26. The molecule has 7 heteroatoms. The van der Waals surface area contributed by atoms with Crippen LogP contribution in [0.25, 0.3) is 0 Å². The van der Waals surface area contributed by atoms with E-state index in [9.17, 15) is 14.4 Å². The van der Waals surface area contributed by atoms with Gasteiger partial charge in [-0.25, -0.2) is 0 Å². The molecule has 2 aromatic carbocycles. The molecular formula is C25H28ClN3O3. The number of fused-ring (bicyclic) bond motifs is 1. The maximum absolute atomic E-state index is 12.6. The van der Waals surface area contributed by atoms with Crippen molar-refractivity contribution in [3.8, 4) is 0 Å². The fraction of sp³-hybridized carbons (Fsp3) is 0.400. The lowest BCUT2D eigenvalue weighted by molar-refractivity contribution is -0.133. The van der Waals surface area contributed by atoms with Crippen LogP contribution in [0, 0.1) is 0 Å². The maximum atomic E-state index is 12.6. The Bertz CT molecular complexity index is 966. The van der Waals surface area contributed by atoms with Gasteiger partial charge in [-0.3, -0.25) is 24.2 Å². The molecule has 6 nitrogen and oxygen atoms in total. The highest BCUT2D eigenvalue weighted by Crippen LogP contribution is 2.23. The van der Waals surface area contributed by atoms with Gasteiger partial charge in [0.15, 0.2) is 0 Å². The Morgan fingerprint density at radius 2 is 1.44 bits per heavy atom. The van der Waals surface area contributed by atoms with E-state index in [4.69, 9.17) is 11.6 Å². The summed E-state index contributed by atoms with van der Waals surface area (Å²) in [5.74, 6) is -0.240. The summed E-state index contributed by atoms with van der Waals surface area (Å²) in [6, 6.07) is 14.8. The molecule has 0 unspecified atom stereocenters. The van der Waals surface area contributed by atoms with Crippen molar-refractivity contribution in [2.75, 3.05) is 32.7 Å². The van der Waals surface area contributed by atoms with Gasteiger partial charge in [-0.05, 0) is 36.6 Å². The van der Waals surface area contributed by atoms with Crippen molar-refractivity contribution < 1.29 is 14.4 Å². The molecule has 0 radical (unpaired) electrons. The van der Waals surface area contributed by atoms with Crippen molar-refractivity contribution in [2.24, 2.45) is 0 Å². The monoisotopic (exact) mass is 453 g/mol. The maximum Gasteiger partial charge on any atom is 0.261 e. The van der Waals surface area contributed by atoms with Crippen LogP contribution in [0.1, 0.15) is 52.0 Å². The second-order valence-corrected chi connectivity index (χ2v) is 8.77. The highest BCUT2D eigenvalue weighted by Gasteiger charge is 2.34. The normalized spacial score (nSPS) is 16.5. The second kappa shape index (κ2) is 10.3. The Morgan fingerprint density at radius 3 is 2.09 bits per heavy atom. The van der Waals surface area contributed by atoms with Crippen LogP contribution in [0.5, 0.6) is 0 Å². The molecular weight excluding hydrogens is 426 g/mol. The van der Waals surface area contributed by atoms with E-state index in [1.807, 2.05) is 29.2 Å². The van der Waals surface area contributed by atoms with Crippen molar-refractivity contribution in [1.82, 2.24) is 14.7 Å². The van der Waals surface area contributed by atoms with Gasteiger partial charge in [0.2, 0.25) is 5.91 Å². The fourth-order valence-corrected chi connectivity index (χ4v) is 4.54. The van der Waals surface area contributed by atoms with Crippen molar-refractivity contribution in [3.63, 3.8) is 0 Å². The van der Waals surface area contributed by atoms with E-state index >= 15 is 0 Å². The summed E-state index contributed by atoms with van der Waals surface area (Å²) in [7, 11) is 0. The number of unbranched alkanes of at least 4 members (excludes halogenated alkanes) is 2. The summed E-state index contributed by atoms with van der Waals surface area (Å²) in [5.41, 5.74) is 2.09. The van der Waals surface area contributed by atoms with Crippen LogP contribution in [-0.4, -0.2) is 65.1 Å². The highest BCUT2D eigenvalue weighted by molar-refractivity contribution is 6.31. The molecule has 0 bridgehead atoms. The summed E-state index contributed by atoms with van der Waals surface area (Å²) in [5, 5.41) is 0.784. The number of carbonyl (C=O) groups is 3. The third-order valence-corrected chi connectivity index (χ3v) is 6.60. The Labute approximate surface area is 193 Å². The molecule has 0 N–H and O–H groups in total. The zero-order valence-corrected chi connectivity index (χ0v) is 18.9. The Balaban J connectivity index is 1.13. The number of benzene rings is 2. The second-order valence-electron chi connectivity index (χ2n) is 8.37.